The van der Waals surface area contributed by atoms with E-state index < -0.39 is 0 Å². The number of benzene rings is 1. The predicted molar refractivity (Wildman–Crippen MR) is 69.8 cm³/mol. The molecule has 19 heavy (non-hydrogen) atoms. The number of aromatic hydroxyl groups is 1. The van der Waals surface area contributed by atoms with Gasteiger partial charge in [-0.3, -0.25) is 0 Å². The molecule has 0 aliphatic carbocycles. The Morgan fingerprint density at radius 2 is 2.00 bits per heavy atom. The van der Waals surface area contributed by atoms with Crippen LogP contribution in [0.3, 0.4) is 0 Å². The van der Waals surface area contributed by atoms with E-state index in [0.717, 1.165) is 0 Å². The first-order chi connectivity index (χ1) is 9.24. The third kappa shape index (κ3) is 2.15. The van der Waals surface area contributed by atoms with Gasteiger partial charge in [-0.2, -0.15) is 4.52 Å². The summed E-state index contributed by atoms with van der Waals surface area (Å²) in [6.45, 7) is 0.165. The first-order valence-electron chi connectivity index (χ1n) is 5.75. The Balaban J connectivity index is 1.83. The van der Waals surface area contributed by atoms with Crippen molar-refractivity contribution in [2.75, 3.05) is 5.73 Å². The van der Waals surface area contributed by atoms with Crippen LogP contribution >= 0.6 is 0 Å². The van der Waals surface area contributed by atoms with Crippen molar-refractivity contribution in [3.63, 3.8) is 0 Å². The third-order valence-electron chi connectivity index (χ3n) is 2.65. The van der Waals surface area contributed by atoms with Crippen LogP contribution in [0.25, 0.3) is 5.65 Å². The van der Waals surface area contributed by atoms with Crippen LogP contribution in [0.4, 0.5) is 5.82 Å². The van der Waals surface area contributed by atoms with Gasteiger partial charge in [0.15, 0.2) is 23.0 Å². The first kappa shape index (κ1) is 11.3. The molecule has 3 rings (SSSR count). The molecule has 1 aromatic carbocycles. The first-order valence-corrected chi connectivity index (χ1v) is 5.75. The van der Waals surface area contributed by atoms with Gasteiger partial charge in [-0.05, 0) is 24.3 Å². The molecule has 0 fully saturated rings. The number of ether oxygens (including phenoxy) is 1. The second-order valence-corrected chi connectivity index (χ2v) is 4.01. The van der Waals surface area contributed by atoms with E-state index >= 15 is 0 Å². The number of phenolic OH excluding ortho intramolecular Hbond substituents is 1. The Kier molecular flexibility index (Phi) is 2.68. The van der Waals surface area contributed by atoms with Gasteiger partial charge in [0, 0.05) is 0 Å². The number of nitrogens with zero attached hydrogens (tertiary/aromatic N) is 3. The highest BCUT2D eigenvalue weighted by Gasteiger charge is 2.07. The summed E-state index contributed by atoms with van der Waals surface area (Å²) in [7, 11) is 0. The maximum absolute atomic E-state index is 9.58. The van der Waals surface area contributed by atoms with Crippen molar-refractivity contribution in [2.24, 2.45) is 0 Å². The highest BCUT2D eigenvalue weighted by Crippen LogP contribution is 2.24. The summed E-state index contributed by atoms with van der Waals surface area (Å²) in [5.74, 6) is 1.50. The van der Waals surface area contributed by atoms with Crippen LogP contribution in [-0.4, -0.2) is 19.7 Å². The topological polar surface area (TPSA) is 85.7 Å². The molecule has 0 atom stereocenters. The van der Waals surface area contributed by atoms with Crippen molar-refractivity contribution < 1.29 is 9.84 Å². The molecule has 0 saturated carbocycles. The molecule has 0 bridgehead atoms. The van der Waals surface area contributed by atoms with Crippen LogP contribution in [-0.2, 0) is 6.61 Å². The Morgan fingerprint density at radius 3 is 2.79 bits per heavy atom. The standard InChI is InChI=1S/C13H12N4O2/c14-11-6-3-7-13-15-12(16-17(11)13)8-19-10-5-2-1-4-9(10)18/h1-7,18H,8,14H2. The molecule has 2 heterocycles. The van der Waals surface area contributed by atoms with E-state index in [2.05, 4.69) is 10.1 Å². The maximum atomic E-state index is 9.58. The Labute approximate surface area is 109 Å². The van der Waals surface area contributed by atoms with Crippen molar-refractivity contribution in [1.82, 2.24) is 14.6 Å². The number of anilines is 1. The van der Waals surface area contributed by atoms with Gasteiger partial charge >= 0.3 is 0 Å². The largest absolute Gasteiger partial charge is 0.504 e. The van der Waals surface area contributed by atoms with E-state index in [9.17, 15) is 5.11 Å². The summed E-state index contributed by atoms with van der Waals surface area (Å²) in [4.78, 5) is 4.28. The Hall–Kier alpha value is -2.76. The lowest BCUT2D eigenvalue weighted by atomic mass is 10.3. The molecule has 3 aromatic rings. The van der Waals surface area contributed by atoms with E-state index in [1.54, 1.807) is 34.8 Å². The number of phenols is 1. The molecular formula is C13H12N4O2. The molecule has 6 heteroatoms. The van der Waals surface area contributed by atoms with Crippen molar-refractivity contribution >= 4 is 11.5 Å². The van der Waals surface area contributed by atoms with Crippen molar-refractivity contribution in [3.8, 4) is 11.5 Å². The van der Waals surface area contributed by atoms with Gasteiger partial charge in [-0.15, -0.1) is 5.10 Å². The summed E-state index contributed by atoms with van der Waals surface area (Å²) in [5, 5.41) is 13.8. The minimum Gasteiger partial charge on any atom is -0.504 e. The van der Waals surface area contributed by atoms with Crippen molar-refractivity contribution in [3.05, 3.63) is 48.3 Å². The monoisotopic (exact) mass is 256 g/mol. The molecule has 0 saturated heterocycles. The van der Waals surface area contributed by atoms with E-state index in [1.165, 1.54) is 0 Å². The predicted octanol–water partition coefficient (Wildman–Crippen LogP) is 1.60. The fourth-order valence-electron chi connectivity index (χ4n) is 1.75. The normalized spacial score (nSPS) is 10.7. The van der Waals surface area contributed by atoms with Crippen LogP contribution in [0, 0.1) is 0 Å². The highest BCUT2D eigenvalue weighted by molar-refractivity contribution is 5.46. The van der Waals surface area contributed by atoms with Crippen LogP contribution in [0.5, 0.6) is 11.5 Å². The van der Waals surface area contributed by atoms with Crippen LogP contribution in [0.15, 0.2) is 42.5 Å². The van der Waals surface area contributed by atoms with Crippen molar-refractivity contribution in [1.29, 1.82) is 0 Å². The number of fused-ring (bicyclic) bond motifs is 1. The van der Waals surface area contributed by atoms with E-state index in [0.29, 0.717) is 23.0 Å². The van der Waals surface area contributed by atoms with Gasteiger partial charge < -0.3 is 15.6 Å². The molecule has 0 amide bonds. The number of nitrogens with two attached hydrogens (primary N) is 1. The lowest BCUT2D eigenvalue weighted by Crippen LogP contribution is -2.00. The summed E-state index contributed by atoms with van der Waals surface area (Å²) < 4.78 is 7.01. The molecule has 0 unspecified atom stereocenters. The van der Waals surface area contributed by atoms with E-state index in [-0.39, 0.29) is 12.4 Å². The van der Waals surface area contributed by atoms with Gasteiger partial charge in [-0.25, -0.2) is 4.98 Å². The summed E-state index contributed by atoms with van der Waals surface area (Å²) >= 11 is 0. The molecule has 0 radical (unpaired) electrons. The number of hydrogen-bond donors (Lipinski definition) is 2. The molecular weight excluding hydrogens is 244 g/mol. The number of nitrogen functional groups attached to an aromatic ring is 1. The summed E-state index contributed by atoms with van der Waals surface area (Å²) in [6, 6.07) is 12.1. The molecule has 2 aromatic heterocycles. The molecule has 0 aliphatic rings. The number of rotatable bonds is 3. The summed E-state index contributed by atoms with van der Waals surface area (Å²) in [6.07, 6.45) is 0. The van der Waals surface area contributed by atoms with Gasteiger partial charge in [0.1, 0.15) is 12.4 Å². The average molecular weight is 256 g/mol. The summed E-state index contributed by atoms with van der Waals surface area (Å²) in [5.41, 5.74) is 6.44. The molecule has 0 spiro atoms. The Morgan fingerprint density at radius 1 is 1.16 bits per heavy atom. The van der Waals surface area contributed by atoms with Crippen LogP contribution in [0.1, 0.15) is 5.82 Å². The van der Waals surface area contributed by atoms with Gasteiger partial charge in [0.05, 0.1) is 0 Å². The van der Waals surface area contributed by atoms with Gasteiger partial charge in [-0.1, -0.05) is 18.2 Å². The van der Waals surface area contributed by atoms with Crippen molar-refractivity contribution in [2.45, 2.75) is 6.61 Å². The fraction of sp³-hybridized carbons (Fsp3) is 0.0769. The molecule has 6 nitrogen and oxygen atoms in total. The SMILES string of the molecule is Nc1cccc2nc(COc3ccccc3O)nn12. The maximum Gasteiger partial charge on any atom is 0.189 e. The lowest BCUT2D eigenvalue weighted by Gasteiger charge is -2.04. The lowest BCUT2D eigenvalue weighted by molar-refractivity contribution is 0.280. The molecule has 3 N–H and O–H groups in total. The third-order valence-corrected chi connectivity index (χ3v) is 2.65. The number of para-hydroxylation sites is 2. The minimum absolute atomic E-state index is 0.0887. The highest BCUT2D eigenvalue weighted by atomic mass is 16.5. The van der Waals surface area contributed by atoms with Crippen LogP contribution in [0.2, 0.25) is 0 Å². The van der Waals surface area contributed by atoms with Crippen LogP contribution < -0.4 is 10.5 Å². The second-order valence-electron chi connectivity index (χ2n) is 4.01. The second kappa shape index (κ2) is 4.49. The smallest absolute Gasteiger partial charge is 0.189 e. The molecule has 96 valence electrons. The van der Waals surface area contributed by atoms with E-state index in [1.807, 2.05) is 12.1 Å². The zero-order valence-corrected chi connectivity index (χ0v) is 10.0. The number of aromatic nitrogens is 3. The minimum atomic E-state index is 0.0887. The zero-order valence-electron chi connectivity index (χ0n) is 10.0. The number of hydrogen-bond acceptors (Lipinski definition) is 5. The molecule has 0 aliphatic heterocycles. The van der Waals surface area contributed by atoms with Gasteiger partial charge in [0.25, 0.3) is 0 Å². The average Bonchev–Trinajstić information content (AvgIpc) is 2.82. The van der Waals surface area contributed by atoms with Gasteiger partial charge in [0.2, 0.25) is 0 Å². The van der Waals surface area contributed by atoms with E-state index in [4.69, 9.17) is 10.5 Å². The Bertz CT molecular complexity index is 723. The zero-order chi connectivity index (χ0) is 13.2. The quantitative estimate of drug-likeness (QED) is 0.743. The number of pyridine rings is 1. The fourth-order valence-corrected chi connectivity index (χ4v) is 1.75.